The summed E-state index contributed by atoms with van der Waals surface area (Å²) in [6.45, 7) is 0. The Kier molecular flexibility index (Phi) is 1.79. The number of aromatic amines is 1. The molecule has 0 atom stereocenters. The Hall–Kier alpha value is -2.63. The Labute approximate surface area is 93.5 Å². The summed E-state index contributed by atoms with van der Waals surface area (Å²) in [6, 6.07) is 6.10. The molecule has 17 heavy (non-hydrogen) atoms. The number of benzene rings is 1. The zero-order chi connectivity index (χ0) is 12.0. The summed E-state index contributed by atoms with van der Waals surface area (Å²) < 4.78 is 5.07. The van der Waals surface area contributed by atoms with E-state index < -0.39 is 5.56 Å². The van der Waals surface area contributed by atoms with Crippen molar-refractivity contribution in [2.24, 2.45) is 5.18 Å². The summed E-state index contributed by atoms with van der Waals surface area (Å²) in [5.41, 5.74) is 0.182. The first-order valence-corrected chi connectivity index (χ1v) is 4.81. The van der Waals surface area contributed by atoms with Gasteiger partial charge in [-0.1, -0.05) is 0 Å². The predicted octanol–water partition coefficient (Wildman–Crippen LogP) is 2.38. The second kappa shape index (κ2) is 3.18. The summed E-state index contributed by atoms with van der Waals surface area (Å²) in [4.78, 5) is 24.6. The third kappa shape index (κ3) is 1.24. The number of hydrogen-bond donors (Lipinski definition) is 2. The van der Waals surface area contributed by atoms with Crippen molar-refractivity contribution in [3.8, 4) is 5.95 Å². The van der Waals surface area contributed by atoms with E-state index in [9.17, 15) is 14.8 Å². The van der Waals surface area contributed by atoms with E-state index >= 15 is 0 Å². The highest BCUT2D eigenvalue weighted by Gasteiger charge is 2.14. The number of nitrogens with one attached hydrogen (secondary N) is 1. The summed E-state index contributed by atoms with van der Waals surface area (Å²) in [6.07, 6.45) is 0. The number of nitroso groups, excluding NO2 is 1. The summed E-state index contributed by atoms with van der Waals surface area (Å²) in [7, 11) is 0. The van der Waals surface area contributed by atoms with Gasteiger partial charge in [-0.05, 0) is 23.4 Å². The lowest BCUT2D eigenvalue weighted by Crippen LogP contribution is -1.95. The normalized spacial score (nSPS) is 11.1. The van der Waals surface area contributed by atoms with Crippen LogP contribution < -0.4 is 5.56 Å². The van der Waals surface area contributed by atoms with E-state index in [4.69, 9.17) is 4.42 Å². The zero-order valence-corrected chi connectivity index (χ0v) is 8.43. The second-order valence-corrected chi connectivity index (χ2v) is 3.57. The average Bonchev–Trinajstić information content (AvgIpc) is 2.64. The molecule has 0 amide bonds. The van der Waals surface area contributed by atoms with Crippen molar-refractivity contribution in [1.82, 2.24) is 4.98 Å². The maximum atomic E-state index is 11.5. The van der Waals surface area contributed by atoms with Crippen molar-refractivity contribution in [3.63, 3.8) is 0 Å². The summed E-state index contributed by atoms with van der Waals surface area (Å²) in [5, 5.41) is 12.9. The lowest BCUT2D eigenvalue weighted by molar-refractivity contribution is 0.340. The van der Waals surface area contributed by atoms with Gasteiger partial charge >= 0.3 is 0 Å². The SMILES string of the molecule is O=Nc1c(=O)[nH]c2ccc3oc(O)ccc3c12. The topological polar surface area (TPSA) is 95.7 Å². The van der Waals surface area contributed by atoms with E-state index in [0.717, 1.165) is 0 Å². The van der Waals surface area contributed by atoms with Gasteiger partial charge in [0.2, 0.25) is 0 Å². The van der Waals surface area contributed by atoms with E-state index in [1.807, 2.05) is 0 Å². The van der Waals surface area contributed by atoms with Crippen molar-refractivity contribution in [1.29, 1.82) is 0 Å². The fourth-order valence-electron chi connectivity index (χ4n) is 1.90. The predicted molar refractivity (Wildman–Crippen MR) is 61.5 cm³/mol. The lowest BCUT2D eigenvalue weighted by Gasteiger charge is -1.99. The Morgan fingerprint density at radius 2 is 2.06 bits per heavy atom. The van der Waals surface area contributed by atoms with Crippen LogP contribution in [0.2, 0.25) is 0 Å². The Morgan fingerprint density at radius 1 is 1.24 bits per heavy atom. The highest BCUT2D eigenvalue weighted by molar-refractivity contribution is 6.10. The molecule has 0 fully saturated rings. The van der Waals surface area contributed by atoms with Crippen LogP contribution in [-0.2, 0) is 0 Å². The third-order valence-corrected chi connectivity index (χ3v) is 2.60. The fraction of sp³-hybridized carbons (Fsp3) is 0. The van der Waals surface area contributed by atoms with Crippen LogP contribution in [0.5, 0.6) is 5.95 Å². The van der Waals surface area contributed by atoms with Gasteiger partial charge in [0.05, 0.1) is 5.52 Å². The molecule has 0 spiro atoms. The molecule has 2 aromatic heterocycles. The quantitative estimate of drug-likeness (QED) is 0.627. The largest absolute Gasteiger partial charge is 0.481 e. The lowest BCUT2D eigenvalue weighted by atomic mass is 10.1. The van der Waals surface area contributed by atoms with Crippen molar-refractivity contribution >= 4 is 27.6 Å². The molecule has 1 aromatic carbocycles. The van der Waals surface area contributed by atoms with Gasteiger partial charge < -0.3 is 14.5 Å². The molecule has 6 nitrogen and oxygen atoms in total. The minimum Gasteiger partial charge on any atom is -0.481 e. The van der Waals surface area contributed by atoms with Gasteiger partial charge in [-0.2, -0.15) is 0 Å². The third-order valence-electron chi connectivity index (χ3n) is 2.60. The molecular formula is C11H6N2O4. The van der Waals surface area contributed by atoms with Crippen LogP contribution in [0, 0.1) is 4.91 Å². The molecule has 0 bridgehead atoms. The van der Waals surface area contributed by atoms with Crippen LogP contribution in [0.4, 0.5) is 5.69 Å². The van der Waals surface area contributed by atoms with Crippen LogP contribution in [-0.4, -0.2) is 10.1 Å². The number of nitrogens with zero attached hydrogens (tertiary/aromatic N) is 1. The molecule has 3 rings (SSSR count). The van der Waals surface area contributed by atoms with Gasteiger partial charge in [-0.15, -0.1) is 4.91 Å². The minimum atomic E-state index is -0.532. The maximum absolute atomic E-state index is 11.5. The van der Waals surface area contributed by atoms with Crippen molar-refractivity contribution in [3.05, 3.63) is 39.5 Å². The Bertz CT molecular complexity index is 800. The molecule has 0 saturated heterocycles. The molecule has 0 aliphatic heterocycles. The highest BCUT2D eigenvalue weighted by atomic mass is 16.5. The highest BCUT2D eigenvalue weighted by Crippen LogP contribution is 2.31. The molecule has 6 heteroatoms. The Morgan fingerprint density at radius 3 is 2.82 bits per heavy atom. The van der Waals surface area contributed by atoms with E-state index in [1.54, 1.807) is 18.2 Å². The molecule has 2 heterocycles. The van der Waals surface area contributed by atoms with Gasteiger partial charge in [0.15, 0.2) is 5.69 Å². The van der Waals surface area contributed by atoms with Gasteiger partial charge in [0.1, 0.15) is 5.58 Å². The van der Waals surface area contributed by atoms with E-state index in [1.165, 1.54) is 6.07 Å². The first-order valence-electron chi connectivity index (χ1n) is 4.81. The number of rotatable bonds is 1. The first kappa shape index (κ1) is 9.59. The standard InChI is InChI=1S/C11H6N2O4/c14-8-4-1-5-7(17-8)3-2-6-9(5)10(13-16)11(15)12-6/h1-4,14H,(H,12,15). The van der Waals surface area contributed by atoms with Gasteiger partial charge in [-0.3, -0.25) is 4.79 Å². The van der Waals surface area contributed by atoms with Gasteiger partial charge in [-0.25, -0.2) is 0 Å². The van der Waals surface area contributed by atoms with E-state index in [0.29, 0.717) is 21.9 Å². The van der Waals surface area contributed by atoms with Crippen LogP contribution in [0.3, 0.4) is 0 Å². The number of fused-ring (bicyclic) bond motifs is 3. The minimum absolute atomic E-state index is 0.175. The molecule has 0 unspecified atom stereocenters. The molecule has 0 radical (unpaired) electrons. The summed E-state index contributed by atoms with van der Waals surface area (Å²) in [5.74, 6) is -0.240. The molecule has 84 valence electrons. The monoisotopic (exact) mass is 230 g/mol. The molecule has 3 aromatic rings. The number of aromatic nitrogens is 1. The van der Waals surface area contributed by atoms with Gasteiger partial charge in [0.25, 0.3) is 11.5 Å². The Balaban J connectivity index is 2.62. The zero-order valence-electron chi connectivity index (χ0n) is 8.43. The average molecular weight is 230 g/mol. The van der Waals surface area contributed by atoms with Crippen LogP contribution in [0.25, 0.3) is 21.9 Å². The molecule has 0 aliphatic rings. The smallest absolute Gasteiger partial charge is 0.282 e. The van der Waals surface area contributed by atoms with E-state index in [-0.39, 0.29) is 11.6 Å². The molecule has 0 saturated carbocycles. The van der Waals surface area contributed by atoms with Crippen LogP contribution in [0.1, 0.15) is 0 Å². The fourth-order valence-corrected chi connectivity index (χ4v) is 1.90. The van der Waals surface area contributed by atoms with Crippen molar-refractivity contribution < 1.29 is 9.52 Å². The van der Waals surface area contributed by atoms with Crippen molar-refractivity contribution in [2.75, 3.05) is 0 Å². The molecule has 2 N–H and O–H groups in total. The number of hydrogen-bond acceptors (Lipinski definition) is 5. The second-order valence-electron chi connectivity index (χ2n) is 3.57. The number of aromatic hydroxyl groups is 1. The molecular weight excluding hydrogens is 224 g/mol. The summed E-state index contributed by atoms with van der Waals surface area (Å²) >= 11 is 0. The van der Waals surface area contributed by atoms with Gasteiger partial charge in [0, 0.05) is 16.8 Å². The number of H-pyrrole nitrogens is 1. The van der Waals surface area contributed by atoms with Crippen molar-refractivity contribution in [2.45, 2.75) is 0 Å². The van der Waals surface area contributed by atoms with Crippen LogP contribution >= 0.6 is 0 Å². The first-order chi connectivity index (χ1) is 8.20. The molecule has 0 aliphatic carbocycles. The van der Waals surface area contributed by atoms with E-state index in [2.05, 4.69) is 10.2 Å². The van der Waals surface area contributed by atoms with Crippen LogP contribution in [0.15, 0.2) is 38.7 Å². The maximum Gasteiger partial charge on any atom is 0.282 e.